The van der Waals surface area contributed by atoms with Gasteiger partial charge in [-0.3, -0.25) is 4.79 Å². The number of rotatable bonds is 17. The van der Waals surface area contributed by atoms with Crippen LogP contribution in [0.2, 0.25) is 0 Å². The second-order valence-corrected chi connectivity index (χ2v) is 12.3. The van der Waals surface area contributed by atoms with E-state index in [1.165, 1.54) is 13.0 Å². The fourth-order valence-electron chi connectivity index (χ4n) is 5.02. The van der Waals surface area contributed by atoms with Gasteiger partial charge in [-0.25, -0.2) is 4.79 Å². The average Bonchev–Trinajstić information content (AvgIpc) is 2.85. The number of hydrogen-bond donors (Lipinski definition) is 5. The molecular formula is C32H53NO7. The summed E-state index contributed by atoms with van der Waals surface area (Å²) in [6.07, 6.45) is 5.85. The van der Waals surface area contributed by atoms with Crippen molar-refractivity contribution >= 4 is 11.9 Å². The van der Waals surface area contributed by atoms with E-state index in [4.69, 9.17) is 4.74 Å². The van der Waals surface area contributed by atoms with Crippen molar-refractivity contribution in [3.05, 3.63) is 47.3 Å². The number of allylic oxidation sites excluding steroid dienone is 2. The minimum Gasteiger partial charge on any atom is -0.508 e. The van der Waals surface area contributed by atoms with E-state index < -0.39 is 18.2 Å². The van der Waals surface area contributed by atoms with E-state index in [1.807, 2.05) is 6.92 Å². The summed E-state index contributed by atoms with van der Waals surface area (Å²) < 4.78 is 6.42. The van der Waals surface area contributed by atoms with Crippen LogP contribution in [0, 0.1) is 11.3 Å². The van der Waals surface area contributed by atoms with Crippen molar-refractivity contribution in [3.63, 3.8) is 0 Å². The van der Waals surface area contributed by atoms with E-state index in [9.17, 15) is 30.0 Å². The number of amides is 1. The van der Waals surface area contributed by atoms with Gasteiger partial charge in [0.05, 0.1) is 23.9 Å². The van der Waals surface area contributed by atoms with Gasteiger partial charge in [0, 0.05) is 6.54 Å². The molecule has 0 saturated carbocycles. The SMILES string of the molecule is C=C(C)CCC[C@H](O)C(=O)NC[C@H]1CCC(C)(C)[C@@H](CC[C@@H](C)CC/C(C(=C)C(=O)O)=C(C)/C(O)=C\C(C)O)O1. The largest absolute Gasteiger partial charge is 0.508 e. The maximum atomic E-state index is 12.3. The predicted molar refractivity (Wildman–Crippen MR) is 159 cm³/mol. The third-order valence-electron chi connectivity index (χ3n) is 7.89. The predicted octanol–water partition coefficient (Wildman–Crippen LogP) is 5.76. The number of carbonyl (C=O) groups is 2. The summed E-state index contributed by atoms with van der Waals surface area (Å²) in [4.78, 5) is 24.0. The topological polar surface area (TPSA) is 136 Å². The van der Waals surface area contributed by atoms with Crippen molar-refractivity contribution in [1.29, 1.82) is 0 Å². The number of ether oxygens (including phenoxy) is 1. The molecule has 40 heavy (non-hydrogen) atoms. The number of aliphatic hydroxyl groups excluding tert-OH is 3. The van der Waals surface area contributed by atoms with Crippen LogP contribution >= 0.6 is 0 Å². The van der Waals surface area contributed by atoms with Gasteiger partial charge in [0.25, 0.3) is 0 Å². The smallest absolute Gasteiger partial charge is 0.335 e. The summed E-state index contributed by atoms with van der Waals surface area (Å²) in [5, 5.41) is 42.4. The molecule has 0 aromatic rings. The molecule has 1 unspecified atom stereocenters. The van der Waals surface area contributed by atoms with Gasteiger partial charge in [0.1, 0.15) is 11.9 Å². The number of carboxylic acids is 1. The van der Waals surface area contributed by atoms with Crippen molar-refractivity contribution in [2.75, 3.05) is 6.54 Å². The summed E-state index contributed by atoms with van der Waals surface area (Å²) in [6, 6.07) is 0. The molecular weight excluding hydrogens is 510 g/mol. The second kappa shape index (κ2) is 16.7. The standard InChI is InChI=1S/C32H53NO7/c1-20(2)10-9-11-27(35)30(37)33-19-25-16-17-32(7,8)29(40-25)15-13-21(3)12-14-26(24(6)31(38)39)23(5)28(36)18-22(4)34/h18,21-22,25,27,29,34-36H,1,6,9-17,19H2,2-5,7-8H3,(H,33,37)(H,38,39)/b26-23-,28-18+/t21-,22?,25+,27-,29+/m0/s1. The zero-order chi connectivity index (χ0) is 30.6. The van der Waals surface area contributed by atoms with Crippen LogP contribution in [0.25, 0.3) is 0 Å². The van der Waals surface area contributed by atoms with Crippen LogP contribution in [-0.4, -0.2) is 63.3 Å². The first-order valence-corrected chi connectivity index (χ1v) is 14.5. The van der Waals surface area contributed by atoms with Gasteiger partial charge in [-0.05, 0) is 107 Å². The van der Waals surface area contributed by atoms with Crippen LogP contribution in [0.15, 0.2) is 47.3 Å². The highest BCUT2D eigenvalue weighted by molar-refractivity contribution is 5.91. The molecule has 1 saturated heterocycles. The maximum absolute atomic E-state index is 12.3. The molecule has 1 rings (SSSR count). The van der Waals surface area contributed by atoms with E-state index in [1.54, 1.807) is 6.92 Å². The van der Waals surface area contributed by atoms with Crippen molar-refractivity contribution in [1.82, 2.24) is 5.32 Å². The lowest BCUT2D eigenvalue weighted by Crippen LogP contribution is -2.47. The van der Waals surface area contributed by atoms with E-state index in [0.29, 0.717) is 37.0 Å². The highest BCUT2D eigenvalue weighted by Crippen LogP contribution is 2.39. The molecule has 1 heterocycles. The first-order chi connectivity index (χ1) is 18.5. The number of carbonyl (C=O) groups excluding carboxylic acids is 1. The Morgan fingerprint density at radius 2 is 1.73 bits per heavy atom. The minimum absolute atomic E-state index is 0.00912. The van der Waals surface area contributed by atoms with E-state index in [0.717, 1.165) is 44.1 Å². The number of nitrogens with one attached hydrogen (secondary N) is 1. The van der Waals surface area contributed by atoms with Gasteiger partial charge in [-0.1, -0.05) is 32.9 Å². The lowest BCUT2D eigenvalue weighted by Gasteiger charge is -2.43. The third-order valence-corrected chi connectivity index (χ3v) is 7.89. The second-order valence-electron chi connectivity index (χ2n) is 12.3. The number of aliphatic carboxylic acids is 1. The van der Waals surface area contributed by atoms with Gasteiger partial charge in [0.2, 0.25) is 5.91 Å². The normalized spacial score (nSPS) is 22.1. The fraction of sp³-hybridized carbons (Fsp3) is 0.688. The Kier molecular flexibility index (Phi) is 14.9. The molecule has 1 aliphatic heterocycles. The molecule has 0 spiro atoms. The van der Waals surface area contributed by atoms with Crippen molar-refractivity contribution in [2.45, 2.75) is 124 Å². The Balaban J connectivity index is 2.70. The molecule has 0 radical (unpaired) electrons. The molecule has 8 heteroatoms. The fourth-order valence-corrected chi connectivity index (χ4v) is 5.02. The highest BCUT2D eigenvalue weighted by Gasteiger charge is 2.37. The molecule has 1 amide bonds. The van der Waals surface area contributed by atoms with Crippen LogP contribution in [0.5, 0.6) is 0 Å². The quantitative estimate of drug-likeness (QED) is 0.0657. The molecule has 5 atom stereocenters. The van der Waals surface area contributed by atoms with E-state index in [-0.39, 0.29) is 40.8 Å². The Bertz CT molecular complexity index is 947. The van der Waals surface area contributed by atoms with Crippen molar-refractivity contribution in [3.8, 4) is 0 Å². The van der Waals surface area contributed by atoms with Gasteiger partial charge in [-0.15, -0.1) is 6.58 Å². The Labute approximate surface area is 240 Å². The first-order valence-electron chi connectivity index (χ1n) is 14.5. The lowest BCUT2D eigenvalue weighted by atomic mass is 9.76. The van der Waals surface area contributed by atoms with Crippen LogP contribution in [0.4, 0.5) is 0 Å². The summed E-state index contributed by atoms with van der Waals surface area (Å²) in [5.74, 6) is -1.38. The summed E-state index contributed by atoms with van der Waals surface area (Å²) >= 11 is 0. The van der Waals surface area contributed by atoms with E-state index >= 15 is 0 Å². The van der Waals surface area contributed by atoms with Gasteiger partial charge < -0.3 is 30.5 Å². The summed E-state index contributed by atoms with van der Waals surface area (Å²) in [5.41, 5.74) is 1.84. The number of aliphatic hydroxyl groups is 3. The van der Waals surface area contributed by atoms with Crippen molar-refractivity contribution < 1.29 is 34.8 Å². The molecule has 8 nitrogen and oxygen atoms in total. The molecule has 1 fully saturated rings. The number of hydrogen-bond acceptors (Lipinski definition) is 6. The minimum atomic E-state index is -1.14. The van der Waals surface area contributed by atoms with Crippen LogP contribution in [-0.2, 0) is 14.3 Å². The molecule has 0 aromatic heterocycles. The zero-order valence-electron chi connectivity index (χ0n) is 25.5. The molecule has 228 valence electrons. The Hall–Kier alpha value is -2.42. The van der Waals surface area contributed by atoms with E-state index in [2.05, 4.69) is 39.2 Å². The van der Waals surface area contributed by atoms with Crippen molar-refractivity contribution in [2.24, 2.45) is 11.3 Å². The van der Waals surface area contributed by atoms with Gasteiger partial charge >= 0.3 is 5.97 Å². The summed E-state index contributed by atoms with van der Waals surface area (Å²) in [7, 11) is 0. The molecule has 0 aromatic carbocycles. The lowest BCUT2D eigenvalue weighted by molar-refractivity contribution is -0.136. The third kappa shape index (κ3) is 12.4. The monoisotopic (exact) mass is 563 g/mol. The highest BCUT2D eigenvalue weighted by atomic mass is 16.5. The van der Waals surface area contributed by atoms with Gasteiger partial charge in [-0.2, -0.15) is 0 Å². The molecule has 1 aliphatic rings. The Morgan fingerprint density at radius 1 is 1.07 bits per heavy atom. The molecule has 0 bridgehead atoms. The maximum Gasteiger partial charge on any atom is 0.335 e. The first kappa shape index (κ1) is 35.6. The van der Waals surface area contributed by atoms with Crippen LogP contribution in [0.3, 0.4) is 0 Å². The molecule has 5 N–H and O–H groups in total. The summed E-state index contributed by atoms with van der Waals surface area (Å²) in [6.45, 7) is 19.5. The van der Waals surface area contributed by atoms with Gasteiger partial charge in [0.15, 0.2) is 0 Å². The van der Waals surface area contributed by atoms with Crippen LogP contribution in [0.1, 0.15) is 99.3 Å². The number of carboxylic acid groups (broad SMARTS) is 1. The zero-order valence-corrected chi connectivity index (χ0v) is 25.5. The average molecular weight is 564 g/mol. The molecule has 0 aliphatic carbocycles. The Morgan fingerprint density at radius 3 is 2.30 bits per heavy atom. The van der Waals surface area contributed by atoms with Crippen LogP contribution < -0.4 is 5.32 Å².